The average molecular weight is 758 g/mol. The van der Waals surface area contributed by atoms with Gasteiger partial charge in [-0.15, -0.1) is 0 Å². The van der Waals surface area contributed by atoms with Crippen LogP contribution < -0.4 is 9.62 Å². The maximum absolute atomic E-state index is 14.7. The van der Waals surface area contributed by atoms with E-state index in [1.54, 1.807) is 54.6 Å². The fraction of sp³-hybridized carbons (Fsp3) is 0.278. The molecule has 1 aliphatic rings. The number of halogens is 3. The third kappa shape index (κ3) is 8.76. The van der Waals surface area contributed by atoms with Crippen molar-refractivity contribution in [2.75, 3.05) is 10.8 Å². The summed E-state index contributed by atoms with van der Waals surface area (Å²) in [6, 6.07) is 26.7. The zero-order valence-corrected chi connectivity index (χ0v) is 29.8. The second-order valence-corrected chi connectivity index (χ2v) is 15.3. The number of rotatable bonds is 12. The minimum Gasteiger partial charge on any atom is -0.352 e. The highest BCUT2D eigenvalue weighted by Gasteiger charge is 2.36. The van der Waals surface area contributed by atoms with E-state index in [9.17, 15) is 18.0 Å². The number of aryl methyl sites for hydroxylation is 1. The number of carbonyl (C=O) groups excluding carboxylic acids is 2. The summed E-state index contributed by atoms with van der Waals surface area (Å²) in [5, 5.41) is 3.84. The Morgan fingerprint density at radius 3 is 2.17 bits per heavy atom. The van der Waals surface area contributed by atoms with Gasteiger partial charge in [-0.05, 0) is 67.8 Å². The van der Waals surface area contributed by atoms with E-state index in [2.05, 4.69) is 21.2 Å². The molecule has 0 saturated heterocycles. The highest BCUT2D eigenvalue weighted by molar-refractivity contribution is 9.10. The van der Waals surface area contributed by atoms with Crippen molar-refractivity contribution in [1.29, 1.82) is 0 Å². The first kappa shape index (κ1) is 35.0. The quantitative estimate of drug-likeness (QED) is 0.159. The Morgan fingerprint density at radius 1 is 0.894 bits per heavy atom. The fourth-order valence-electron chi connectivity index (χ4n) is 5.77. The van der Waals surface area contributed by atoms with Crippen LogP contribution in [0.1, 0.15) is 42.4 Å². The van der Waals surface area contributed by atoms with Crippen molar-refractivity contribution in [3.8, 4) is 0 Å². The molecule has 0 heterocycles. The van der Waals surface area contributed by atoms with Gasteiger partial charge in [0.1, 0.15) is 12.6 Å². The minimum absolute atomic E-state index is 0.00158. The van der Waals surface area contributed by atoms with Crippen LogP contribution in [0.15, 0.2) is 106 Å². The number of amides is 2. The number of sulfonamides is 1. The van der Waals surface area contributed by atoms with E-state index < -0.39 is 28.5 Å². The number of hydrogen-bond acceptors (Lipinski definition) is 4. The van der Waals surface area contributed by atoms with Crippen molar-refractivity contribution < 1.29 is 18.0 Å². The molecule has 1 fully saturated rings. The molecule has 1 unspecified atom stereocenters. The second kappa shape index (κ2) is 15.7. The van der Waals surface area contributed by atoms with Gasteiger partial charge in [0.05, 0.1) is 10.6 Å². The Balaban J connectivity index is 1.59. The molecule has 5 rings (SSSR count). The smallest absolute Gasteiger partial charge is 0.264 e. The van der Waals surface area contributed by atoms with Crippen molar-refractivity contribution in [1.82, 2.24) is 10.2 Å². The van der Waals surface area contributed by atoms with Gasteiger partial charge in [0, 0.05) is 39.1 Å². The van der Waals surface area contributed by atoms with E-state index in [4.69, 9.17) is 23.2 Å². The third-order valence-corrected chi connectivity index (χ3v) is 11.3. The molecule has 47 heavy (non-hydrogen) atoms. The lowest BCUT2D eigenvalue weighted by molar-refractivity contribution is -0.140. The Hall–Kier alpha value is -3.37. The Morgan fingerprint density at radius 2 is 1.53 bits per heavy atom. The molecule has 0 aromatic heterocycles. The van der Waals surface area contributed by atoms with Gasteiger partial charge in [-0.2, -0.15) is 0 Å². The van der Waals surface area contributed by atoms with Crippen molar-refractivity contribution in [2.45, 2.75) is 62.6 Å². The Bertz CT molecular complexity index is 1800. The molecule has 1 aliphatic carbocycles. The molecule has 4 aromatic rings. The largest absolute Gasteiger partial charge is 0.352 e. The normalized spacial score (nSPS) is 14.0. The van der Waals surface area contributed by atoms with Crippen molar-refractivity contribution in [3.05, 3.63) is 128 Å². The molecule has 1 saturated carbocycles. The standard InChI is InChI=1S/C36H36BrCl2N3O4S/c1-25-17-19-30(20-18-25)47(45,46)42(29-14-7-11-27(37)22-29)24-35(43)41(23-31-32(38)15-8-16-33(31)39)34(21-26-9-3-2-4-10-26)36(44)40-28-12-5-6-13-28/h2-4,7-11,14-20,22,28,34H,5-6,12-13,21,23-24H2,1H3,(H,40,44). The SMILES string of the molecule is Cc1ccc(S(=O)(=O)N(CC(=O)N(Cc2c(Cl)cccc2Cl)C(Cc2ccccc2)C(=O)NC2CCCC2)c2cccc(Br)c2)cc1. The lowest BCUT2D eigenvalue weighted by atomic mass is 10.0. The van der Waals surface area contributed by atoms with Crippen LogP contribution in [-0.4, -0.2) is 43.8 Å². The summed E-state index contributed by atoms with van der Waals surface area (Å²) < 4.78 is 30.2. The van der Waals surface area contributed by atoms with E-state index in [1.807, 2.05) is 37.3 Å². The fourth-order valence-corrected chi connectivity index (χ4v) is 8.08. The highest BCUT2D eigenvalue weighted by atomic mass is 79.9. The van der Waals surface area contributed by atoms with Gasteiger partial charge in [0.15, 0.2) is 0 Å². The zero-order valence-electron chi connectivity index (χ0n) is 25.9. The monoisotopic (exact) mass is 755 g/mol. The van der Waals surface area contributed by atoms with Crippen LogP contribution in [0.4, 0.5) is 5.69 Å². The number of nitrogens with zero attached hydrogens (tertiary/aromatic N) is 2. The molecule has 246 valence electrons. The molecule has 0 bridgehead atoms. The van der Waals surface area contributed by atoms with Gasteiger partial charge in [-0.3, -0.25) is 13.9 Å². The predicted octanol–water partition coefficient (Wildman–Crippen LogP) is 7.96. The van der Waals surface area contributed by atoms with E-state index in [1.165, 1.54) is 17.0 Å². The zero-order chi connectivity index (χ0) is 33.6. The van der Waals surface area contributed by atoms with Crippen LogP contribution in [-0.2, 0) is 32.6 Å². The number of carbonyl (C=O) groups is 2. The summed E-state index contributed by atoms with van der Waals surface area (Å²) in [4.78, 5) is 30.3. The topological polar surface area (TPSA) is 86.8 Å². The summed E-state index contributed by atoms with van der Waals surface area (Å²) in [6.45, 7) is 1.19. The molecule has 2 amide bonds. The number of hydrogen-bond donors (Lipinski definition) is 1. The first-order chi connectivity index (χ1) is 22.5. The predicted molar refractivity (Wildman–Crippen MR) is 191 cm³/mol. The molecule has 1 N–H and O–H groups in total. The molecule has 4 aromatic carbocycles. The summed E-state index contributed by atoms with van der Waals surface area (Å²) in [6.07, 6.45) is 3.96. The average Bonchev–Trinajstić information content (AvgIpc) is 3.56. The van der Waals surface area contributed by atoms with Gasteiger partial charge >= 0.3 is 0 Å². The third-order valence-electron chi connectivity index (χ3n) is 8.35. The number of benzene rings is 4. The molecule has 0 aliphatic heterocycles. The summed E-state index contributed by atoms with van der Waals surface area (Å²) in [5.74, 6) is -0.896. The maximum Gasteiger partial charge on any atom is 0.264 e. The lowest BCUT2D eigenvalue weighted by Gasteiger charge is -2.34. The van der Waals surface area contributed by atoms with E-state index in [-0.39, 0.29) is 29.8 Å². The number of anilines is 1. The van der Waals surface area contributed by atoms with Crippen LogP contribution in [0, 0.1) is 6.92 Å². The molecular formula is C36H36BrCl2N3O4S. The Kier molecular flexibility index (Phi) is 11.7. The summed E-state index contributed by atoms with van der Waals surface area (Å²) in [5.41, 5.74) is 2.50. The minimum atomic E-state index is -4.22. The van der Waals surface area contributed by atoms with Crippen LogP contribution in [0.3, 0.4) is 0 Å². The van der Waals surface area contributed by atoms with Crippen molar-refractivity contribution in [3.63, 3.8) is 0 Å². The first-order valence-corrected chi connectivity index (χ1v) is 18.4. The maximum atomic E-state index is 14.7. The molecule has 0 spiro atoms. The molecule has 0 radical (unpaired) electrons. The van der Waals surface area contributed by atoms with Gasteiger partial charge in [0.2, 0.25) is 11.8 Å². The van der Waals surface area contributed by atoms with E-state index >= 15 is 0 Å². The molecule has 1 atom stereocenters. The van der Waals surface area contributed by atoms with E-state index in [0.29, 0.717) is 25.8 Å². The van der Waals surface area contributed by atoms with Gasteiger partial charge in [-0.25, -0.2) is 8.42 Å². The highest BCUT2D eigenvalue weighted by Crippen LogP contribution is 2.30. The van der Waals surface area contributed by atoms with E-state index in [0.717, 1.165) is 41.1 Å². The van der Waals surface area contributed by atoms with Gasteiger partial charge < -0.3 is 10.2 Å². The van der Waals surface area contributed by atoms with Gasteiger partial charge in [-0.1, -0.05) is 112 Å². The van der Waals surface area contributed by atoms with Crippen molar-refractivity contribution in [2.24, 2.45) is 0 Å². The Labute approximate surface area is 295 Å². The van der Waals surface area contributed by atoms with Crippen molar-refractivity contribution >= 4 is 66.7 Å². The van der Waals surface area contributed by atoms with Gasteiger partial charge in [0.25, 0.3) is 10.0 Å². The first-order valence-electron chi connectivity index (χ1n) is 15.4. The molecule has 11 heteroatoms. The van der Waals surface area contributed by atoms with Crippen LogP contribution >= 0.6 is 39.1 Å². The molecular weight excluding hydrogens is 721 g/mol. The number of nitrogens with one attached hydrogen (secondary N) is 1. The van der Waals surface area contributed by atoms with Crippen LogP contribution in [0.5, 0.6) is 0 Å². The van der Waals surface area contributed by atoms with Crippen LogP contribution in [0.25, 0.3) is 0 Å². The summed E-state index contributed by atoms with van der Waals surface area (Å²) >= 11 is 16.7. The second-order valence-electron chi connectivity index (χ2n) is 11.7. The molecule has 7 nitrogen and oxygen atoms in total. The van der Waals surface area contributed by atoms with Crippen LogP contribution in [0.2, 0.25) is 10.0 Å². The lowest BCUT2D eigenvalue weighted by Crippen LogP contribution is -2.54. The summed E-state index contributed by atoms with van der Waals surface area (Å²) in [7, 11) is -4.22.